The van der Waals surface area contributed by atoms with Gasteiger partial charge in [-0.05, 0) is 43.8 Å². The largest absolute Gasteiger partial charge is 0.324 e. The molecule has 2 heterocycles. The summed E-state index contributed by atoms with van der Waals surface area (Å²) in [5.41, 5.74) is 2.58. The van der Waals surface area contributed by atoms with Gasteiger partial charge in [-0.25, -0.2) is 0 Å². The highest BCUT2D eigenvalue weighted by atomic mass is 15.2. The van der Waals surface area contributed by atoms with E-state index >= 15 is 0 Å². The Morgan fingerprint density at radius 3 is 2.88 bits per heavy atom. The minimum atomic E-state index is 0.394. The van der Waals surface area contributed by atoms with E-state index in [-0.39, 0.29) is 0 Å². The number of hydrogen-bond donors (Lipinski definition) is 2. The Morgan fingerprint density at radius 1 is 1.47 bits per heavy atom. The van der Waals surface area contributed by atoms with Crippen LogP contribution >= 0.6 is 0 Å². The van der Waals surface area contributed by atoms with E-state index in [1.165, 1.54) is 18.4 Å². The zero-order chi connectivity index (χ0) is 11.8. The van der Waals surface area contributed by atoms with Crippen molar-refractivity contribution in [3.63, 3.8) is 0 Å². The molecule has 2 aliphatic rings. The van der Waals surface area contributed by atoms with Crippen LogP contribution in [-0.4, -0.2) is 22.1 Å². The number of anilines is 1. The van der Waals surface area contributed by atoms with Gasteiger partial charge in [-0.2, -0.15) is 5.10 Å². The summed E-state index contributed by atoms with van der Waals surface area (Å²) < 4.78 is 0. The molecule has 4 nitrogen and oxygen atoms in total. The summed E-state index contributed by atoms with van der Waals surface area (Å²) in [6.07, 6.45) is 5.99. The predicted molar refractivity (Wildman–Crippen MR) is 69.3 cm³/mol. The molecule has 90 valence electrons. The van der Waals surface area contributed by atoms with Gasteiger partial charge in [0.2, 0.25) is 0 Å². The predicted octanol–water partition coefficient (Wildman–Crippen LogP) is 2.66. The van der Waals surface area contributed by atoms with Gasteiger partial charge in [0.25, 0.3) is 0 Å². The molecule has 3 rings (SSSR count). The number of aromatic nitrogens is 2. The van der Waals surface area contributed by atoms with Crippen LogP contribution in [0.4, 0.5) is 5.82 Å². The van der Waals surface area contributed by atoms with Crippen molar-refractivity contribution in [1.82, 2.24) is 10.2 Å². The quantitative estimate of drug-likeness (QED) is 0.838. The first-order chi connectivity index (χ1) is 8.26. The lowest BCUT2D eigenvalue weighted by atomic mass is 10.0. The summed E-state index contributed by atoms with van der Waals surface area (Å²) in [4.78, 5) is 4.71. The summed E-state index contributed by atoms with van der Waals surface area (Å²) in [6, 6.07) is 2.39. The highest BCUT2D eigenvalue weighted by Gasteiger charge is 2.33. The number of hydrogen-bond acceptors (Lipinski definition) is 3. The van der Waals surface area contributed by atoms with Crippen LogP contribution in [0.2, 0.25) is 0 Å². The summed E-state index contributed by atoms with van der Waals surface area (Å²) in [6.45, 7) is 4.20. The molecule has 0 spiro atoms. The first kappa shape index (κ1) is 10.6. The van der Waals surface area contributed by atoms with Gasteiger partial charge in [-0.15, -0.1) is 0 Å². The van der Waals surface area contributed by atoms with Crippen molar-refractivity contribution >= 4 is 11.7 Å². The SMILES string of the molecule is CCC1N=C(Nc2cc(C)[nH]n2)C=C1C1CC1. The van der Waals surface area contributed by atoms with E-state index in [2.05, 4.69) is 28.5 Å². The van der Waals surface area contributed by atoms with Crippen molar-refractivity contribution in [3.8, 4) is 0 Å². The Kier molecular flexibility index (Phi) is 2.50. The monoisotopic (exact) mass is 230 g/mol. The van der Waals surface area contributed by atoms with E-state index in [0.717, 1.165) is 29.7 Å². The average molecular weight is 230 g/mol. The van der Waals surface area contributed by atoms with Gasteiger partial charge in [0.15, 0.2) is 5.82 Å². The molecule has 0 saturated heterocycles. The first-order valence-corrected chi connectivity index (χ1v) is 6.34. The Balaban J connectivity index is 1.75. The van der Waals surface area contributed by atoms with Crippen LogP contribution in [0, 0.1) is 12.8 Å². The number of nitrogens with one attached hydrogen (secondary N) is 2. The Labute approximate surface area is 101 Å². The third-order valence-corrected chi connectivity index (χ3v) is 3.38. The molecule has 1 aromatic heterocycles. The second kappa shape index (κ2) is 4.02. The van der Waals surface area contributed by atoms with E-state index in [4.69, 9.17) is 4.99 Å². The number of nitrogens with zero attached hydrogens (tertiary/aromatic N) is 2. The standard InChI is InChI=1S/C13H18N4/c1-3-11-10(9-4-5-9)7-12(14-11)15-13-6-8(2)16-17-13/h6-7,9,11H,3-5H2,1-2H3,(H2,14,15,16,17). The van der Waals surface area contributed by atoms with Gasteiger partial charge in [-0.3, -0.25) is 10.1 Å². The van der Waals surface area contributed by atoms with Crippen LogP contribution < -0.4 is 5.32 Å². The molecule has 1 atom stereocenters. The van der Waals surface area contributed by atoms with Crippen LogP contribution in [-0.2, 0) is 0 Å². The molecular formula is C13H18N4. The molecule has 1 aliphatic carbocycles. The van der Waals surface area contributed by atoms with Crippen LogP contribution in [0.5, 0.6) is 0 Å². The van der Waals surface area contributed by atoms with E-state index in [9.17, 15) is 0 Å². The fourth-order valence-electron chi connectivity index (χ4n) is 2.35. The highest BCUT2D eigenvalue weighted by Crippen LogP contribution is 2.41. The fourth-order valence-corrected chi connectivity index (χ4v) is 2.35. The maximum absolute atomic E-state index is 4.71. The smallest absolute Gasteiger partial charge is 0.153 e. The van der Waals surface area contributed by atoms with E-state index in [1.54, 1.807) is 0 Å². The van der Waals surface area contributed by atoms with Crippen molar-refractivity contribution < 1.29 is 0 Å². The molecule has 1 aliphatic heterocycles. The lowest BCUT2D eigenvalue weighted by molar-refractivity contribution is 0.709. The maximum atomic E-state index is 4.71. The summed E-state index contributed by atoms with van der Waals surface area (Å²) in [5, 5.41) is 10.4. The van der Waals surface area contributed by atoms with E-state index in [0.29, 0.717) is 6.04 Å². The van der Waals surface area contributed by atoms with Crippen LogP contribution in [0.3, 0.4) is 0 Å². The second-order valence-electron chi connectivity index (χ2n) is 4.92. The van der Waals surface area contributed by atoms with Crippen molar-refractivity contribution in [2.75, 3.05) is 5.32 Å². The topological polar surface area (TPSA) is 53.1 Å². The molecule has 1 fully saturated rings. The number of amidine groups is 1. The third kappa shape index (κ3) is 2.12. The third-order valence-electron chi connectivity index (χ3n) is 3.38. The lowest BCUT2D eigenvalue weighted by Gasteiger charge is -2.07. The molecule has 1 unspecified atom stereocenters. The van der Waals surface area contributed by atoms with Gasteiger partial charge < -0.3 is 5.32 Å². The van der Waals surface area contributed by atoms with Crippen molar-refractivity contribution in [2.45, 2.75) is 39.2 Å². The van der Waals surface area contributed by atoms with Gasteiger partial charge in [-0.1, -0.05) is 6.92 Å². The number of aryl methyl sites for hydroxylation is 1. The number of H-pyrrole nitrogens is 1. The van der Waals surface area contributed by atoms with Crippen molar-refractivity contribution in [3.05, 3.63) is 23.4 Å². The zero-order valence-electron chi connectivity index (χ0n) is 10.3. The molecule has 2 N–H and O–H groups in total. The molecule has 0 radical (unpaired) electrons. The first-order valence-electron chi connectivity index (χ1n) is 6.34. The molecule has 1 saturated carbocycles. The van der Waals surface area contributed by atoms with E-state index < -0.39 is 0 Å². The van der Waals surface area contributed by atoms with Gasteiger partial charge in [0.05, 0.1) is 6.04 Å². The van der Waals surface area contributed by atoms with Crippen LogP contribution in [0.15, 0.2) is 22.7 Å². The van der Waals surface area contributed by atoms with Crippen molar-refractivity contribution in [2.24, 2.45) is 10.9 Å². The van der Waals surface area contributed by atoms with Crippen LogP contribution in [0.25, 0.3) is 0 Å². The minimum Gasteiger partial charge on any atom is -0.324 e. The Hall–Kier alpha value is -1.58. The number of aromatic amines is 1. The second-order valence-corrected chi connectivity index (χ2v) is 4.92. The van der Waals surface area contributed by atoms with Crippen molar-refractivity contribution in [1.29, 1.82) is 0 Å². The number of aliphatic imine (C=N–C) groups is 1. The fraction of sp³-hybridized carbons (Fsp3) is 0.538. The van der Waals surface area contributed by atoms with Gasteiger partial charge in [0.1, 0.15) is 5.84 Å². The zero-order valence-corrected chi connectivity index (χ0v) is 10.3. The maximum Gasteiger partial charge on any atom is 0.153 e. The molecule has 17 heavy (non-hydrogen) atoms. The molecular weight excluding hydrogens is 212 g/mol. The summed E-state index contributed by atoms with van der Waals surface area (Å²) in [7, 11) is 0. The molecule has 0 bridgehead atoms. The Bertz CT molecular complexity index is 479. The lowest BCUT2D eigenvalue weighted by Crippen LogP contribution is -2.08. The molecule has 0 amide bonds. The normalized spacial score (nSPS) is 23.5. The van der Waals surface area contributed by atoms with Gasteiger partial charge >= 0.3 is 0 Å². The summed E-state index contributed by atoms with van der Waals surface area (Å²) in [5.74, 6) is 2.61. The van der Waals surface area contributed by atoms with Gasteiger partial charge in [0, 0.05) is 11.8 Å². The van der Waals surface area contributed by atoms with Crippen LogP contribution in [0.1, 0.15) is 31.9 Å². The minimum absolute atomic E-state index is 0.394. The summed E-state index contributed by atoms with van der Waals surface area (Å²) >= 11 is 0. The molecule has 4 heteroatoms. The Morgan fingerprint density at radius 2 is 2.29 bits per heavy atom. The average Bonchev–Trinajstić information content (AvgIpc) is 2.97. The molecule has 0 aromatic carbocycles. The highest BCUT2D eigenvalue weighted by molar-refractivity contribution is 6.05. The molecule has 1 aromatic rings. The van der Waals surface area contributed by atoms with E-state index in [1.807, 2.05) is 13.0 Å². The number of rotatable bonds is 3.